The van der Waals surface area contributed by atoms with Crippen molar-refractivity contribution in [3.05, 3.63) is 58.5 Å². The second kappa shape index (κ2) is 7.19. The quantitative estimate of drug-likeness (QED) is 0.862. The minimum Gasteiger partial charge on any atom is -0.351 e. The highest BCUT2D eigenvalue weighted by Crippen LogP contribution is 2.10. The van der Waals surface area contributed by atoms with E-state index in [4.69, 9.17) is 0 Å². The molecule has 3 rings (SSSR count). The van der Waals surface area contributed by atoms with Crippen LogP contribution in [-0.4, -0.2) is 35.3 Å². The van der Waals surface area contributed by atoms with E-state index in [0.717, 1.165) is 25.9 Å². The Morgan fingerprint density at radius 2 is 2.09 bits per heavy atom. The van der Waals surface area contributed by atoms with Gasteiger partial charge in [0.2, 0.25) is 0 Å². The third-order valence-corrected chi connectivity index (χ3v) is 4.03. The molecule has 0 spiro atoms. The van der Waals surface area contributed by atoms with Gasteiger partial charge in [0.05, 0.1) is 5.69 Å². The first-order valence-electron chi connectivity index (χ1n) is 7.89. The maximum atomic E-state index is 12.2. The number of nitrogens with one attached hydrogen (secondary N) is 2. The van der Waals surface area contributed by atoms with Gasteiger partial charge in [0, 0.05) is 12.6 Å². The van der Waals surface area contributed by atoms with Crippen molar-refractivity contribution in [1.29, 1.82) is 0 Å². The Morgan fingerprint density at radius 3 is 2.83 bits per heavy atom. The van der Waals surface area contributed by atoms with Crippen LogP contribution in [0.5, 0.6) is 0 Å². The molecule has 1 aliphatic rings. The number of rotatable bonds is 5. The number of hydrogen-bond donors (Lipinski definition) is 2. The van der Waals surface area contributed by atoms with Gasteiger partial charge in [0.1, 0.15) is 5.69 Å². The number of para-hydroxylation sites is 1. The van der Waals surface area contributed by atoms with Crippen molar-refractivity contribution in [2.75, 3.05) is 19.6 Å². The summed E-state index contributed by atoms with van der Waals surface area (Å²) < 4.78 is 1.25. The summed E-state index contributed by atoms with van der Waals surface area (Å²) in [4.78, 5) is 24.2. The summed E-state index contributed by atoms with van der Waals surface area (Å²) in [5.41, 5.74) is 0.631. The van der Waals surface area contributed by atoms with Crippen LogP contribution in [0.4, 0.5) is 0 Å². The predicted molar refractivity (Wildman–Crippen MR) is 87.8 cm³/mol. The molecule has 2 N–H and O–H groups in total. The average Bonchev–Trinajstić information content (AvgIpc) is 3.09. The first kappa shape index (κ1) is 15.4. The van der Waals surface area contributed by atoms with E-state index in [0.29, 0.717) is 18.2 Å². The second-order valence-electron chi connectivity index (χ2n) is 5.71. The van der Waals surface area contributed by atoms with Crippen LogP contribution in [0.15, 0.2) is 47.3 Å². The molecule has 1 aromatic heterocycles. The highest BCUT2D eigenvalue weighted by atomic mass is 16.2. The van der Waals surface area contributed by atoms with Crippen molar-refractivity contribution in [3.63, 3.8) is 0 Å². The predicted octanol–water partition coefficient (Wildman–Crippen LogP) is 0.962. The van der Waals surface area contributed by atoms with Crippen LogP contribution in [0.1, 0.15) is 23.3 Å². The molecule has 1 aromatic carbocycles. The highest BCUT2D eigenvalue weighted by molar-refractivity contribution is 5.92. The van der Waals surface area contributed by atoms with E-state index in [1.54, 1.807) is 12.1 Å². The zero-order chi connectivity index (χ0) is 16.1. The molecule has 1 saturated heterocycles. The molecule has 1 atom stereocenters. The molecule has 0 aliphatic carbocycles. The highest BCUT2D eigenvalue weighted by Gasteiger charge is 2.15. The zero-order valence-electron chi connectivity index (χ0n) is 12.9. The summed E-state index contributed by atoms with van der Waals surface area (Å²) in [5, 5.41) is 10.4. The minimum atomic E-state index is -0.259. The van der Waals surface area contributed by atoms with E-state index < -0.39 is 0 Å². The van der Waals surface area contributed by atoms with Crippen molar-refractivity contribution < 1.29 is 4.79 Å². The first-order valence-corrected chi connectivity index (χ1v) is 7.89. The maximum absolute atomic E-state index is 12.2. The third-order valence-electron chi connectivity index (χ3n) is 4.03. The number of hydrogen-bond acceptors (Lipinski definition) is 4. The van der Waals surface area contributed by atoms with Gasteiger partial charge in [0.15, 0.2) is 0 Å². The van der Waals surface area contributed by atoms with Crippen LogP contribution in [0.2, 0.25) is 0 Å². The number of carbonyl (C=O) groups excluding carboxylic acids is 1. The molecule has 2 aromatic rings. The van der Waals surface area contributed by atoms with E-state index in [1.807, 2.05) is 18.2 Å². The van der Waals surface area contributed by atoms with Crippen molar-refractivity contribution in [3.8, 4) is 5.69 Å². The van der Waals surface area contributed by atoms with Gasteiger partial charge in [-0.05, 0) is 50.0 Å². The lowest BCUT2D eigenvalue weighted by Gasteiger charge is -2.10. The van der Waals surface area contributed by atoms with Crippen LogP contribution < -0.4 is 16.2 Å². The minimum absolute atomic E-state index is 0.248. The van der Waals surface area contributed by atoms with Crippen molar-refractivity contribution >= 4 is 5.91 Å². The summed E-state index contributed by atoms with van der Waals surface area (Å²) in [6.45, 7) is 2.70. The fraction of sp³-hybridized carbons (Fsp3) is 0.353. The number of benzene rings is 1. The smallest absolute Gasteiger partial charge is 0.271 e. The summed E-state index contributed by atoms with van der Waals surface area (Å²) in [6.07, 6.45) is 2.12. The van der Waals surface area contributed by atoms with Crippen molar-refractivity contribution in [1.82, 2.24) is 20.4 Å². The molecular formula is C17H20N4O2. The Bertz CT molecular complexity index is 721. The standard InChI is InChI=1S/C17H20N4O2/c22-16-7-6-15(20-21(16)14-4-2-1-3-5-14)17(23)19-11-9-13-8-10-18-12-13/h1-7,13,18H,8-12H2,(H,19,23). The van der Waals surface area contributed by atoms with Crippen LogP contribution in [0.25, 0.3) is 5.69 Å². The van der Waals surface area contributed by atoms with Crippen LogP contribution in [-0.2, 0) is 0 Å². The largest absolute Gasteiger partial charge is 0.351 e. The van der Waals surface area contributed by atoms with E-state index in [1.165, 1.54) is 16.8 Å². The summed E-state index contributed by atoms with van der Waals surface area (Å²) in [5.74, 6) is 0.377. The molecule has 1 unspecified atom stereocenters. The number of amides is 1. The number of nitrogens with zero attached hydrogens (tertiary/aromatic N) is 2. The van der Waals surface area contributed by atoms with Crippen molar-refractivity contribution in [2.24, 2.45) is 5.92 Å². The molecular weight excluding hydrogens is 292 g/mol. The summed E-state index contributed by atoms with van der Waals surface area (Å²) in [6, 6.07) is 11.9. The average molecular weight is 312 g/mol. The molecule has 6 heteroatoms. The van der Waals surface area contributed by atoms with Crippen LogP contribution >= 0.6 is 0 Å². The van der Waals surface area contributed by atoms with Gasteiger partial charge in [0.25, 0.3) is 11.5 Å². The Morgan fingerprint density at radius 1 is 1.26 bits per heavy atom. The van der Waals surface area contributed by atoms with Crippen LogP contribution in [0, 0.1) is 5.92 Å². The third kappa shape index (κ3) is 3.84. The van der Waals surface area contributed by atoms with Gasteiger partial charge in [-0.15, -0.1) is 0 Å². The van der Waals surface area contributed by atoms with Gasteiger partial charge in [-0.3, -0.25) is 9.59 Å². The Kier molecular flexibility index (Phi) is 4.83. The Balaban J connectivity index is 1.67. The van der Waals surface area contributed by atoms with Gasteiger partial charge in [-0.2, -0.15) is 9.78 Å². The van der Waals surface area contributed by atoms with Gasteiger partial charge in [-0.25, -0.2) is 0 Å². The Labute approximate surface area is 134 Å². The number of aromatic nitrogens is 2. The van der Waals surface area contributed by atoms with E-state index in [9.17, 15) is 9.59 Å². The molecule has 2 heterocycles. The summed E-state index contributed by atoms with van der Waals surface area (Å²) in [7, 11) is 0. The Hall–Kier alpha value is -2.47. The van der Waals surface area contributed by atoms with Crippen LogP contribution in [0.3, 0.4) is 0 Å². The molecule has 0 radical (unpaired) electrons. The van der Waals surface area contributed by atoms with Crippen molar-refractivity contribution in [2.45, 2.75) is 12.8 Å². The number of carbonyl (C=O) groups is 1. The SMILES string of the molecule is O=C(NCCC1CCNC1)c1ccc(=O)n(-c2ccccc2)n1. The molecule has 6 nitrogen and oxygen atoms in total. The fourth-order valence-electron chi connectivity index (χ4n) is 2.73. The molecule has 1 fully saturated rings. The molecule has 1 amide bonds. The van der Waals surface area contributed by atoms with E-state index in [-0.39, 0.29) is 17.2 Å². The lowest BCUT2D eigenvalue weighted by Crippen LogP contribution is -2.30. The molecule has 0 saturated carbocycles. The summed E-state index contributed by atoms with van der Waals surface area (Å²) >= 11 is 0. The topological polar surface area (TPSA) is 76.0 Å². The zero-order valence-corrected chi connectivity index (χ0v) is 12.9. The lowest BCUT2D eigenvalue weighted by atomic mass is 10.1. The van der Waals surface area contributed by atoms with E-state index in [2.05, 4.69) is 15.7 Å². The molecule has 23 heavy (non-hydrogen) atoms. The normalized spacial score (nSPS) is 17.1. The lowest BCUT2D eigenvalue weighted by molar-refractivity contribution is 0.0945. The van der Waals surface area contributed by atoms with E-state index >= 15 is 0 Å². The van der Waals surface area contributed by atoms with Gasteiger partial charge in [-0.1, -0.05) is 18.2 Å². The first-order chi connectivity index (χ1) is 11.2. The van der Waals surface area contributed by atoms with Gasteiger partial charge < -0.3 is 10.6 Å². The molecule has 1 aliphatic heterocycles. The maximum Gasteiger partial charge on any atom is 0.271 e. The molecule has 0 bridgehead atoms. The molecule has 120 valence electrons. The monoisotopic (exact) mass is 312 g/mol. The van der Waals surface area contributed by atoms with Gasteiger partial charge >= 0.3 is 0 Å². The second-order valence-corrected chi connectivity index (χ2v) is 5.71. The fourth-order valence-corrected chi connectivity index (χ4v) is 2.73.